The summed E-state index contributed by atoms with van der Waals surface area (Å²) in [5.74, 6) is -0.316. The molecule has 0 aliphatic heterocycles. The first kappa shape index (κ1) is 10.5. The van der Waals surface area contributed by atoms with Gasteiger partial charge >= 0.3 is 5.97 Å². The van der Waals surface area contributed by atoms with E-state index in [9.17, 15) is 9.90 Å². The molecule has 0 bridgehead atoms. The van der Waals surface area contributed by atoms with Crippen LogP contribution in [0.2, 0.25) is 0 Å². The number of carboxylic acid groups (broad SMARTS) is 1. The SMILES string of the molecule is COc1cc2ccccc2c(C(=O)O)c1C. The monoisotopic (exact) mass is 216 g/mol. The molecule has 3 heteroatoms. The van der Waals surface area contributed by atoms with Crippen LogP contribution in [-0.4, -0.2) is 18.2 Å². The predicted octanol–water partition coefficient (Wildman–Crippen LogP) is 2.86. The van der Waals surface area contributed by atoms with Crippen LogP contribution < -0.4 is 4.74 Å². The molecule has 0 radical (unpaired) electrons. The third-order valence-corrected chi connectivity index (χ3v) is 2.70. The van der Waals surface area contributed by atoms with Crippen molar-refractivity contribution in [3.05, 3.63) is 41.5 Å². The highest BCUT2D eigenvalue weighted by Gasteiger charge is 2.15. The molecule has 0 saturated carbocycles. The average Bonchev–Trinajstić information content (AvgIpc) is 2.27. The summed E-state index contributed by atoms with van der Waals surface area (Å²) in [5.41, 5.74) is 0.976. The highest BCUT2D eigenvalue weighted by atomic mass is 16.5. The Morgan fingerprint density at radius 2 is 2.00 bits per heavy atom. The van der Waals surface area contributed by atoms with Gasteiger partial charge in [-0.05, 0) is 23.8 Å². The number of hydrogen-bond donors (Lipinski definition) is 1. The van der Waals surface area contributed by atoms with E-state index < -0.39 is 5.97 Å². The minimum atomic E-state index is -0.924. The first-order valence-electron chi connectivity index (χ1n) is 4.94. The van der Waals surface area contributed by atoms with E-state index in [1.54, 1.807) is 14.0 Å². The number of carbonyl (C=O) groups is 1. The van der Waals surface area contributed by atoms with Crippen LogP contribution in [0.5, 0.6) is 5.75 Å². The standard InChI is InChI=1S/C13H12O3/c1-8-11(16-2)7-9-5-3-4-6-10(9)12(8)13(14)15/h3-7H,1-2H3,(H,14,15). The summed E-state index contributed by atoms with van der Waals surface area (Å²) in [7, 11) is 1.54. The van der Waals surface area contributed by atoms with Gasteiger partial charge in [0.05, 0.1) is 12.7 Å². The molecule has 16 heavy (non-hydrogen) atoms. The average molecular weight is 216 g/mol. The van der Waals surface area contributed by atoms with Crippen molar-refractivity contribution in [3.63, 3.8) is 0 Å². The van der Waals surface area contributed by atoms with E-state index in [2.05, 4.69) is 0 Å². The number of benzene rings is 2. The first-order chi connectivity index (χ1) is 7.65. The Labute approximate surface area is 93.3 Å². The van der Waals surface area contributed by atoms with E-state index in [-0.39, 0.29) is 0 Å². The molecule has 0 fully saturated rings. The Morgan fingerprint density at radius 3 is 2.62 bits per heavy atom. The smallest absolute Gasteiger partial charge is 0.336 e. The van der Waals surface area contributed by atoms with Gasteiger partial charge in [-0.3, -0.25) is 0 Å². The Kier molecular flexibility index (Phi) is 2.52. The molecule has 0 aromatic heterocycles. The molecule has 0 aliphatic rings. The van der Waals surface area contributed by atoms with Gasteiger partial charge in [0.2, 0.25) is 0 Å². The van der Waals surface area contributed by atoms with Gasteiger partial charge in [-0.1, -0.05) is 24.3 Å². The van der Waals surface area contributed by atoms with E-state index in [1.165, 1.54) is 0 Å². The van der Waals surface area contributed by atoms with E-state index in [1.807, 2.05) is 30.3 Å². The molecule has 2 rings (SSSR count). The number of carboxylic acids is 1. The van der Waals surface area contributed by atoms with Crippen molar-refractivity contribution in [2.24, 2.45) is 0 Å². The fourth-order valence-corrected chi connectivity index (χ4v) is 1.91. The molecule has 1 N–H and O–H groups in total. The van der Waals surface area contributed by atoms with E-state index in [0.717, 1.165) is 10.8 Å². The number of rotatable bonds is 2. The van der Waals surface area contributed by atoms with Gasteiger partial charge in [0.25, 0.3) is 0 Å². The van der Waals surface area contributed by atoms with E-state index >= 15 is 0 Å². The summed E-state index contributed by atoms with van der Waals surface area (Å²) in [6.07, 6.45) is 0. The van der Waals surface area contributed by atoms with Crippen LogP contribution in [-0.2, 0) is 0 Å². The zero-order valence-corrected chi connectivity index (χ0v) is 9.15. The molecular formula is C13H12O3. The largest absolute Gasteiger partial charge is 0.496 e. The molecule has 0 unspecified atom stereocenters. The van der Waals surface area contributed by atoms with Crippen molar-refractivity contribution in [3.8, 4) is 5.75 Å². The van der Waals surface area contributed by atoms with E-state index in [4.69, 9.17) is 4.74 Å². The minimum Gasteiger partial charge on any atom is -0.496 e. The van der Waals surface area contributed by atoms with Crippen LogP contribution in [0.3, 0.4) is 0 Å². The lowest BCUT2D eigenvalue weighted by Gasteiger charge is -2.11. The molecule has 82 valence electrons. The third kappa shape index (κ3) is 1.50. The van der Waals surface area contributed by atoms with Crippen molar-refractivity contribution in [1.29, 1.82) is 0 Å². The summed E-state index contributed by atoms with van der Waals surface area (Å²) in [5, 5.41) is 10.8. The summed E-state index contributed by atoms with van der Waals surface area (Å²) < 4.78 is 5.18. The minimum absolute atomic E-state index is 0.315. The van der Waals surface area contributed by atoms with Crippen LogP contribution in [0.15, 0.2) is 30.3 Å². The van der Waals surface area contributed by atoms with Gasteiger partial charge in [0, 0.05) is 5.56 Å². The van der Waals surface area contributed by atoms with E-state index in [0.29, 0.717) is 16.9 Å². The molecule has 0 atom stereocenters. The molecule has 0 aliphatic carbocycles. The fraction of sp³-hybridized carbons (Fsp3) is 0.154. The number of ether oxygens (including phenoxy) is 1. The van der Waals surface area contributed by atoms with Crippen molar-refractivity contribution in [2.45, 2.75) is 6.92 Å². The van der Waals surface area contributed by atoms with Crippen LogP contribution in [0.4, 0.5) is 0 Å². The lowest BCUT2D eigenvalue weighted by atomic mass is 9.99. The first-order valence-corrected chi connectivity index (χ1v) is 4.94. The zero-order chi connectivity index (χ0) is 11.7. The van der Waals surface area contributed by atoms with Gasteiger partial charge in [-0.25, -0.2) is 4.79 Å². The molecular weight excluding hydrogens is 204 g/mol. The van der Waals surface area contributed by atoms with Gasteiger partial charge < -0.3 is 9.84 Å². The maximum Gasteiger partial charge on any atom is 0.336 e. The predicted molar refractivity (Wildman–Crippen MR) is 62.2 cm³/mol. The molecule has 0 spiro atoms. The van der Waals surface area contributed by atoms with Crippen molar-refractivity contribution >= 4 is 16.7 Å². The molecule has 0 amide bonds. The van der Waals surface area contributed by atoms with Crippen molar-refractivity contribution < 1.29 is 14.6 Å². The number of hydrogen-bond acceptors (Lipinski definition) is 2. The fourth-order valence-electron chi connectivity index (χ4n) is 1.91. The summed E-state index contributed by atoms with van der Waals surface area (Å²) in [4.78, 5) is 11.2. The Balaban J connectivity index is 2.91. The molecule has 0 heterocycles. The van der Waals surface area contributed by atoms with Crippen molar-refractivity contribution in [1.82, 2.24) is 0 Å². The second-order valence-electron chi connectivity index (χ2n) is 3.61. The summed E-state index contributed by atoms with van der Waals surface area (Å²) >= 11 is 0. The normalized spacial score (nSPS) is 10.4. The topological polar surface area (TPSA) is 46.5 Å². The van der Waals surface area contributed by atoms with Gasteiger partial charge in [0.1, 0.15) is 5.75 Å². The highest BCUT2D eigenvalue weighted by Crippen LogP contribution is 2.30. The second-order valence-corrected chi connectivity index (χ2v) is 3.61. The third-order valence-electron chi connectivity index (χ3n) is 2.70. The Bertz CT molecular complexity index is 558. The molecule has 0 saturated heterocycles. The molecule has 3 nitrogen and oxygen atoms in total. The maximum absolute atomic E-state index is 11.2. The molecule has 2 aromatic rings. The van der Waals surface area contributed by atoms with Gasteiger partial charge in [-0.2, -0.15) is 0 Å². The maximum atomic E-state index is 11.2. The highest BCUT2D eigenvalue weighted by molar-refractivity contribution is 6.06. The van der Waals surface area contributed by atoms with Crippen LogP contribution in [0.1, 0.15) is 15.9 Å². The van der Waals surface area contributed by atoms with Crippen LogP contribution in [0, 0.1) is 6.92 Å². The number of fused-ring (bicyclic) bond motifs is 1. The summed E-state index contributed by atoms with van der Waals surface area (Å²) in [6.45, 7) is 1.76. The zero-order valence-electron chi connectivity index (χ0n) is 9.15. The lowest BCUT2D eigenvalue weighted by molar-refractivity contribution is 0.0698. The summed E-state index contributed by atoms with van der Waals surface area (Å²) in [6, 6.07) is 9.26. The van der Waals surface area contributed by atoms with Crippen molar-refractivity contribution in [2.75, 3.05) is 7.11 Å². The lowest BCUT2D eigenvalue weighted by Crippen LogP contribution is -2.03. The quantitative estimate of drug-likeness (QED) is 0.839. The molecule has 2 aromatic carbocycles. The van der Waals surface area contributed by atoms with Gasteiger partial charge in [-0.15, -0.1) is 0 Å². The Morgan fingerprint density at radius 1 is 1.31 bits per heavy atom. The van der Waals surface area contributed by atoms with Crippen LogP contribution in [0.25, 0.3) is 10.8 Å². The Hall–Kier alpha value is -2.03. The number of methoxy groups -OCH3 is 1. The van der Waals surface area contributed by atoms with Crippen LogP contribution >= 0.6 is 0 Å². The number of aromatic carboxylic acids is 1. The second kappa shape index (κ2) is 3.85. The van der Waals surface area contributed by atoms with Gasteiger partial charge in [0.15, 0.2) is 0 Å².